The molecule has 3 heterocycles. The van der Waals surface area contributed by atoms with Crippen LogP contribution in [0.3, 0.4) is 0 Å². The molecule has 5 rings (SSSR count). The summed E-state index contributed by atoms with van der Waals surface area (Å²) < 4.78 is 0. The Morgan fingerprint density at radius 3 is 2.29 bits per heavy atom. The molecular formula is C22H20N4O5. The number of hydrogen-bond donors (Lipinski definition) is 3. The number of benzene rings is 2. The van der Waals surface area contributed by atoms with Crippen LogP contribution in [0.2, 0.25) is 0 Å². The number of anilines is 1. The van der Waals surface area contributed by atoms with Gasteiger partial charge in [-0.05, 0) is 17.9 Å². The van der Waals surface area contributed by atoms with Gasteiger partial charge in [0.15, 0.2) is 5.54 Å². The molecule has 3 aliphatic heterocycles. The number of imide groups is 3. The van der Waals surface area contributed by atoms with Crippen LogP contribution in [0.5, 0.6) is 0 Å². The summed E-state index contributed by atoms with van der Waals surface area (Å²) in [5.41, 5.74) is -1.59. The number of amides is 6. The molecule has 0 aliphatic carbocycles. The fourth-order valence-corrected chi connectivity index (χ4v) is 5.18. The maximum atomic E-state index is 13.7. The lowest BCUT2D eigenvalue weighted by Crippen LogP contribution is -2.74. The van der Waals surface area contributed by atoms with Gasteiger partial charge in [0.25, 0.3) is 11.8 Å². The molecular weight excluding hydrogens is 400 g/mol. The normalized spacial score (nSPS) is 27.1. The van der Waals surface area contributed by atoms with Crippen LogP contribution in [0, 0.1) is 11.8 Å². The third-order valence-electron chi connectivity index (χ3n) is 6.44. The molecule has 3 aliphatic rings. The average Bonchev–Trinajstić information content (AvgIpc) is 3.21. The summed E-state index contributed by atoms with van der Waals surface area (Å²) in [6.45, 7) is 1.91. The highest BCUT2D eigenvalue weighted by molar-refractivity contribution is 6.32. The highest BCUT2D eigenvalue weighted by atomic mass is 16.2. The second-order valence-corrected chi connectivity index (χ2v) is 8.10. The van der Waals surface area contributed by atoms with Crippen molar-refractivity contribution >= 4 is 46.1 Å². The van der Waals surface area contributed by atoms with Crippen molar-refractivity contribution in [3.8, 4) is 0 Å². The number of nitrogens with one attached hydrogen (secondary N) is 3. The van der Waals surface area contributed by atoms with Gasteiger partial charge < -0.3 is 0 Å². The highest BCUT2D eigenvalue weighted by Gasteiger charge is 2.72. The number of nitrogens with zero attached hydrogens (tertiary/aromatic N) is 1. The second-order valence-electron chi connectivity index (χ2n) is 8.10. The van der Waals surface area contributed by atoms with Crippen molar-refractivity contribution in [2.45, 2.75) is 31.3 Å². The lowest BCUT2D eigenvalue weighted by molar-refractivity contribution is -0.145. The summed E-state index contributed by atoms with van der Waals surface area (Å²) in [5, 5.41) is 8.69. The number of carbonyl (C=O) groups is 5. The first kappa shape index (κ1) is 19.4. The van der Waals surface area contributed by atoms with E-state index in [0.717, 1.165) is 10.3 Å². The van der Waals surface area contributed by atoms with Gasteiger partial charge in [-0.2, -0.15) is 0 Å². The van der Waals surface area contributed by atoms with Gasteiger partial charge in [-0.15, -0.1) is 0 Å². The Balaban J connectivity index is 1.66. The Labute approximate surface area is 177 Å². The van der Waals surface area contributed by atoms with E-state index in [9.17, 15) is 24.0 Å². The Morgan fingerprint density at radius 1 is 0.903 bits per heavy atom. The predicted octanol–water partition coefficient (Wildman–Crippen LogP) is 0.822. The van der Waals surface area contributed by atoms with E-state index in [0.29, 0.717) is 23.9 Å². The number of urea groups is 1. The van der Waals surface area contributed by atoms with Crippen LogP contribution in [-0.2, 0) is 19.2 Å². The molecule has 0 saturated carbocycles. The van der Waals surface area contributed by atoms with Crippen molar-refractivity contribution in [2.24, 2.45) is 11.8 Å². The van der Waals surface area contributed by atoms with Crippen LogP contribution in [0.15, 0.2) is 42.5 Å². The first-order valence-electron chi connectivity index (χ1n) is 10.2. The summed E-state index contributed by atoms with van der Waals surface area (Å²) in [6, 6.07) is 11.2. The quantitative estimate of drug-likeness (QED) is 0.499. The van der Waals surface area contributed by atoms with E-state index < -0.39 is 53.1 Å². The van der Waals surface area contributed by atoms with Crippen LogP contribution in [0.25, 0.3) is 10.8 Å². The first-order chi connectivity index (χ1) is 14.9. The molecule has 3 N–H and O–H groups in total. The summed E-state index contributed by atoms with van der Waals surface area (Å²) in [6.07, 6.45) is 1.16. The van der Waals surface area contributed by atoms with Gasteiger partial charge in [0.05, 0.1) is 17.5 Å². The largest absolute Gasteiger partial charge is 0.328 e. The van der Waals surface area contributed by atoms with Gasteiger partial charge >= 0.3 is 6.03 Å². The van der Waals surface area contributed by atoms with Crippen molar-refractivity contribution in [3.05, 3.63) is 42.5 Å². The molecule has 0 unspecified atom stereocenters. The molecule has 0 aromatic heterocycles. The molecule has 0 radical (unpaired) electrons. The van der Waals surface area contributed by atoms with E-state index in [1.807, 2.05) is 37.3 Å². The lowest BCUT2D eigenvalue weighted by atomic mass is 9.78. The molecule has 3 fully saturated rings. The first-order valence-corrected chi connectivity index (χ1v) is 10.2. The van der Waals surface area contributed by atoms with Gasteiger partial charge in [0.2, 0.25) is 11.8 Å². The Kier molecular flexibility index (Phi) is 4.19. The minimum atomic E-state index is -2.01. The van der Waals surface area contributed by atoms with E-state index in [1.165, 1.54) is 0 Å². The molecule has 31 heavy (non-hydrogen) atoms. The van der Waals surface area contributed by atoms with Gasteiger partial charge in [0, 0.05) is 11.4 Å². The molecule has 0 bridgehead atoms. The molecule has 1 spiro atoms. The lowest BCUT2D eigenvalue weighted by Gasteiger charge is -2.34. The van der Waals surface area contributed by atoms with Crippen molar-refractivity contribution in [3.63, 3.8) is 0 Å². The topological polar surface area (TPSA) is 125 Å². The summed E-state index contributed by atoms with van der Waals surface area (Å²) in [4.78, 5) is 65.8. The van der Waals surface area contributed by atoms with Gasteiger partial charge in [-0.3, -0.25) is 35.1 Å². The standard InChI is InChI=1S/C22H20N4O5/c1-2-6-13-15-16(22(25-13)19(29)23-21(31)24-20(22)30)18(28)26(17(15)27)14-10-5-8-11-7-3-4-9-12(11)14/h3-5,7-10,13,15-16,25H,2,6H2,1H3,(H2,23,24,29,30,31)/t13-,15+,16+/m1/s1. The Morgan fingerprint density at radius 2 is 1.58 bits per heavy atom. The Hall–Kier alpha value is -3.59. The molecule has 3 saturated heterocycles. The smallest absolute Gasteiger partial charge is 0.291 e. The monoisotopic (exact) mass is 420 g/mol. The maximum Gasteiger partial charge on any atom is 0.328 e. The van der Waals surface area contributed by atoms with Crippen LogP contribution >= 0.6 is 0 Å². The van der Waals surface area contributed by atoms with Crippen molar-refractivity contribution in [2.75, 3.05) is 4.90 Å². The van der Waals surface area contributed by atoms with Crippen molar-refractivity contribution in [1.29, 1.82) is 0 Å². The fraction of sp³-hybridized carbons (Fsp3) is 0.318. The minimum Gasteiger partial charge on any atom is -0.291 e. The third kappa shape index (κ3) is 2.50. The highest BCUT2D eigenvalue weighted by Crippen LogP contribution is 2.47. The zero-order chi connectivity index (χ0) is 21.9. The zero-order valence-electron chi connectivity index (χ0n) is 16.7. The van der Waals surface area contributed by atoms with Crippen LogP contribution < -0.4 is 20.9 Å². The summed E-state index contributed by atoms with van der Waals surface area (Å²) in [7, 11) is 0. The van der Waals surface area contributed by atoms with Crippen LogP contribution in [0.1, 0.15) is 19.8 Å². The number of hydrogen-bond acceptors (Lipinski definition) is 6. The van der Waals surface area contributed by atoms with Crippen molar-refractivity contribution in [1.82, 2.24) is 16.0 Å². The van der Waals surface area contributed by atoms with E-state index in [2.05, 4.69) is 16.0 Å². The van der Waals surface area contributed by atoms with Gasteiger partial charge in [0.1, 0.15) is 0 Å². The minimum absolute atomic E-state index is 0.417. The molecule has 2 aromatic rings. The van der Waals surface area contributed by atoms with Crippen LogP contribution in [-0.4, -0.2) is 41.2 Å². The second kappa shape index (κ2) is 6.71. The SMILES string of the molecule is CCC[C@H]1NC2(C(=O)NC(=O)NC2=O)[C@@H]2C(=O)N(c3cccc4ccccc34)C(=O)[C@H]21. The summed E-state index contributed by atoms with van der Waals surface area (Å²) in [5.74, 6) is -5.03. The number of rotatable bonds is 3. The Bertz CT molecular complexity index is 1150. The number of barbiturate groups is 1. The van der Waals surface area contributed by atoms with Gasteiger partial charge in [-0.25, -0.2) is 9.69 Å². The summed E-state index contributed by atoms with van der Waals surface area (Å²) >= 11 is 0. The molecule has 3 atom stereocenters. The third-order valence-corrected chi connectivity index (χ3v) is 6.44. The fourth-order valence-electron chi connectivity index (χ4n) is 5.18. The molecule has 158 valence electrons. The van der Waals surface area contributed by atoms with E-state index >= 15 is 0 Å². The number of fused-ring (bicyclic) bond motifs is 3. The van der Waals surface area contributed by atoms with E-state index in [4.69, 9.17) is 0 Å². The van der Waals surface area contributed by atoms with Crippen LogP contribution in [0.4, 0.5) is 10.5 Å². The molecule has 9 heteroatoms. The predicted molar refractivity (Wildman–Crippen MR) is 110 cm³/mol. The zero-order valence-corrected chi connectivity index (χ0v) is 16.7. The van der Waals surface area contributed by atoms with E-state index in [1.54, 1.807) is 12.1 Å². The van der Waals surface area contributed by atoms with Gasteiger partial charge in [-0.1, -0.05) is 49.7 Å². The number of carbonyl (C=O) groups excluding carboxylic acids is 5. The van der Waals surface area contributed by atoms with Crippen molar-refractivity contribution < 1.29 is 24.0 Å². The molecule has 9 nitrogen and oxygen atoms in total. The maximum absolute atomic E-state index is 13.7. The average molecular weight is 420 g/mol. The molecule has 2 aromatic carbocycles. The molecule has 6 amide bonds. The van der Waals surface area contributed by atoms with E-state index in [-0.39, 0.29) is 0 Å².